The predicted molar refractivity (Wildman–Crippen MR) is 42.5 cm³/mol. The molecule has 2 nitrogen and oxygen atoms in total. The summed E-state index contributed by atoms with van der Waals surface area (Å²) in [5.41, 5.74) is 0. The third kappa shape index (κ3) is 6.23. The Labute approximate surface area is 65.3 Å². The second kappa shape index (κ2) is 5.86. The Morgan fingerprint density at radius 1 is 1.60 bits per heavy atom. The van der Waals surface area contributed by atoms with Crippen LogP contribution in [0.25, 0.3) is 0 Å². The van der Waals surface area contributed by atoms with Crippen LogP contribution in [-0.2, 0) is 11.1 Å². The van der Waals surface area contributed by atoms with Gasteiger partial charge in [-0.2, -0.15) is 0 Å². The first-order chi connectivity index (χ1) is 4.66. The smallest absolute Gasteiger partial charge is 0.0127 e. The predicted octanol–water partition coefficient (Wildman–Crippen LogP) is 1.69. The van der Waals surface area contributed by atoms with Gasteiger partial charge >= 0.3 is 0 Å². The molecule has 62 valence electrons. The van der Waals surface area contributed by atoms with Gasteiger partial charge in [-0.25, -0.2) is 0 Å². The van der Waals surface area contributed by atoms with Gasteiger partial charge in [-0.3, -0.25) is 4.21 Å². The Bertz CT molecular complexity index is 104. The van der Waals surface area contributed by atoms with Crippen molar-refractivity contribution in [3.8, 4) is 0 Å². The molecule has 0 aliphatic heterocycles. The second-order valence-electron chi connectivity index (χ2n) is 2.72. The third-order valence-corrected chi connectivity index (χ3v) is 2.31. The highest BCUT2D eigenvalue weighted by molar-refractivity contribution is 7.79. The molecule has 0 aromatic heterocycles. The van der Waals surface area contributed by atoms with Crippen molar-refractivity contribution >= 4 is 11.1 Å². The van der Waals surface area contributed by atoms with Gasteiger partial charge in [0.1, 0.15) is 0 Å². The van der Waals surface area contributed by atoms with Crippen LogP contribution in [0.2, 0.25) is 0 Å². The summed E-state index contributed by atoms with van der Waals surface area (Å²) in [5.74, 6) is 0.651. The molecule has 0 aliphatic rings. The fraction of sp³-hybridized carbons (Fsp3) is 1.00. The molecule has 0 aliphatic carbocycles. The molecule has 0 radical (unpaired) electrons. The fourth-order valence-corrected chi connectivity index (χ4v) is 1.50. The highest BCUT2D eigenvalue weighted by Gasteiger charge is 1.99. The third-order valence-electron chi connectivity index (χ3n) is 1.47. The Morgan fingerprint density at radius 2 is 2.20 bits per heavy atom. The van der Waals surface area contributed by atoms with Gasteiger partial charge in [0.15, 0.2) is 0 Å². The maximum Gasteiger partial charge on any atom is 0.0127 e. The monoisotopic (exact) mass is 163 g/mol. The molecule has 0 rings (SSSR count). The maximum absolute atomic E-state index is 10.2. The van der Waals surface area contributed by atoms with Gasteiger partial charge in [-0.05, 0) is 12.3 Å². The number of hydrogen-bond acceptors (Lipinski definition) is 2. The Kier molecular flexibility index (Phi) is 5.93. The molecule has 0 aromatic carbocycles. The molecule has 10 heavy (non-hydrogen) atoms. The summed E-state index contributed by atoms with van der Waals surface area (Å²) >= 11 is -1.85. The molecule has 3 heteroatoms. The summed E-state index contributed by atoms with van der Waals surface area (Å²) in [6.45, 7) is 4.09. The second-order valence-corrected chi connectivity index (χ2v) is 3.66. The summed E-state index contributed by atoms with van der Waals surface area (Å²) < 4.78 is 20.3. The first-order valence-electron chi connectivity index (χ1n) is 3.72. The van der Waals surface area contributed by atoms with Crippen LogP contribution < -0.4 is 0 Å². The molecule has 0 saturated carbocycles. The van der Waals surface area contributed by atoms with Gasteiger partial charge in [-0.15, -0.1) is 0 Å². The summed E-state index contributed by atoms with van der Waals surface area (Å²) in [6.07, 6.45) is 3.32. The number of unbranched alkanes of at least 4 members (excludes halogenated alkanes) is 1. The molecular formula is C7H15O2S-. The lowest BCUT2D eigenvalue weighted by Gasteiger charge is -2.11. The largest absolute Gasteiger partial charge is 0.772 e. The molecule has 2 atom stereocenters. The van der Waals surface area contributed by atoms with Gasteiger partial charge < -0.3 is 4.55 Å². The van der Waals surface area contributed by atoms with Crippen LogP contribution in [0.15, 0.2) is 0 Å². The van der Waals surface area contributed by atoms with Crippen LogP contribution >= 0.6 is 0 Å². The van der Waals surface area contributed by atoms with Crippen molar-refractivity contribution in [1.82, 2.24) is 0 Å². The lowest BCUT2D eigenvalue weighted by Crippen LogP contribution is -2.06. The van der Waals surface area contributed by atoms with Gasteiger partial charge in [0.2, 0.25) is 0 Å². The zero-order valence-corrected chi connectivity index (χ0v) is 7.45. The van der Waals surface area contributed by atoms with Crippen molar-refractivity contribution in [1.29, 1.82) is 0 Å². The minimum Gasteiger partial charge on any atom is -0.772 e. The molecule has 0 bridgehead atoms. The minimum atomic E-state index is -1.85. The highest BCUT2D eigenvalue weighted by atomic mass is 32.2. The van der Waals surface area contributed by atoms with Crippen LogP contribution in [0.5, 0.6) is 0 Å². The fourth-order valence-electron chi connectivity index (χ4n) is 0.868. The van der Waals surface area contributed by atoms with Crippen molar-refractivity contribution in [2.75, 3.05) is 5.75 Å². The summed E-state index contributed by atoms with van der Waals surface area (Å²) in [7, 11) is 0. The van der Waals surface area contributed by atoms with E-state index in [1.54, 1.807) is 0 Å². The van der Waals surface area contributed by atoms with E-state index in [0.29, 0.717) is 11.7 Å². The molecule has 0 amide bonds. The highest BCUT2D eigenvalue weighted by Crippen LogP contribution is 2.07. The Balaban J connectivity index is 3.25. The van der Waals surface area contributed by atoms with Crippen LogP contribution in [0, 0.1) is 5.92 Å². The van der Waals surface area contributed by atoms with Crippen molar-refractivity contribution < 1.29 is 8.76 Å². The molecule has 0 heterocycles. The first-order valence-corrected chi connectivity index (χ1v) is 4.97. The van der Waals surface area contributed by atoms with Gasteiger partial charge in [-0.1, -0.05) is 37.8 Å². The van der Waals surface area contributed by atoms with Crippen LogP contribution in [0.4, 0.5) is 0 Å². The van der Waals surface area contributed by atoms with E-state index in [-0.39, 0.29) is 0 Å². The molecule has 0 N–H and O–H groups in total. The average Bonchev–Trinajstić information content (AvgIpc) is 1.82. The van der Waals surface area contributed by atoms with E-state index in [0.717, 1.165) is 19.3 Å². The van der Waals surface area contributed by atoms with Crippen molar-refractivity contribution in [2.24, 2.45) is 5.92 Å². The molecule has 2 unspecified atom stereocenters. The molecule has 0 saturated heterocycles. The standard InChI is InChI=1S/C7H16O2S/c1-3-4-5-7(2)6-10(8)9/h7H,3-6H2,1-2H3,(H,8,9)/p-1. The van der Waals surface area contributed by atoms with Gasteiger partial charge in [0, 0.05) is 5.75 Å². The number of rotatable bonds is 5. The van der Waals surface area contributed by atoms with E-state index >= 15 is 0 Å². The van der Waals surface area contributed by atoms with Crippen molar-refractivity contribution in [2.45, 2.75) is 33.1 Å². The van der Waals surface area contributed by atoms with Gasteiger partial charge in [0.25, 0.3) is 0 Å². The summed E-state index contributed by atoms with van der Waals surface area (Å²) in [6, 6.07) is 0. The Hall–Kier alpha value is 0.110. The van der Waals surface area contributed by atoms with E-state index in [4.69, 9.17) is 0 Å². The SMILES string of the molecule is CCCCC(C)CS(=O)[O-]. The Morgan fingerprint density at radius 3 is 2.60 bits per heavy atom. The lowest BCUT2D eigenvalue weighted by molar-refractivity contribution is 0.501. The first kappa shape index (κ1) is 10.1. The van der Waals surface area contributed by atoms with Crippen LogP contribution in [-0.4, -0.2) is 14.5 Å². The lowest BCUT2D eigenvalue weighted by atomic mass is 10.1. The zero-order valence-electron chi connectivity index (χ0n) is 6.63. The zero-order chi connectivity index (χ0) is 7.98. The van der Waals surface area contributed by atoms with E-state index in [2.05, 4.69) is 6.92 Å². The molecule has 0 aromatic rings. The average molecular weight is 163 g/mol. The quantitative estimate of drug-likeness (QED) is 0.579. The summed E-state index contributed by atoms with van der Waals surface area (Å²) in [5, 5.41) is 0. The van der Waals surface area contributed by atoms with Crippen LogP contribution in [0.3, 0.4) is 0 Å². The number of hydrogen-bond donors (Lipinski definition) is 0. The van der Waals surface area contributed by atoms with E-state index in [1.807, 2.05) is 6.92 Å². The summed E-state index contributed by atoms with van der Waals surface area (Å²) in [4.78, 5) is 0. The van der Waals surface area contributed by atoms with Crippen molar-refractivity contribution in [3.63, 3.8) is 0 Å². The van der Waals surface area contributed by atoms with Crippen molar-refractivity contribution in [3.05, 3.63) is 0 Å². The van der Waals surface area contributed by atoms with E-state index < -0.39 is 11.1 Å². The van der Waals surface area contributed by atoms with Gasteiger partial charge in [0.05, 0.1) is 0 Å². The van der Waals surface area contributed by atoms with E-state index in [9.17, 15) is 8.76 Å². The van der Waals surface area contributed by atoms with Crippen LogP contribution in [0.1, 0.15) is 33.1 Å². The minimum absolute atomic E-state index is 0.319. The normalized spacial score (nSPS) is 16.7. The molecular weight excluding hydrogens is 148 g/mol. The topological polar surface area (TPSA) is 40.1 Å². The molecule has 0 fully saturated rings. The molecule has 0 spiro atoms. The van der Waals surface area contributed by atoms with E-state index in [1.165, 1.54) is 0 Å². The maximum atomic E-state index is 10.2.